The molecule has 1 saturated heterocycles. The van der Waals surface area contributed by atoms with Crippen LogP contribution in [0.25, 0.3) is 0 Å². The van der Waals surface area contributed by atoms with E-state index in [1.54, 1.807) is 5.01 Å². The second-order valence-electron chi connectivity index (χ2n) is 4.60. The van der Waals surface area contributed by atoms with Crippen LogP contribution in [0.5, 0.6) is 0 Å². The van der Waals surface area contributed by atoms with E-state index in [2.05, 4.69) is 38.0 Å². The summed E-state index contributed by atoms with van der Waals surface area (Å²) in [6, 6.07) is 0. The van der Waals surface area contributed by atoms with Gasteiger partial charge >= 0.3 is 0 Å². The highest BCUT2D eigenvalue weighted by atomic mass is 127. The monoisotopic (exact) mass is 395 g/mol. The van der Waals surface area contributed by atoms with Gasteiger partial charge in [-0.1, -0.05) is 22.6 Å². The Kier molecular flexibility index (Phi) is 3.68. The van der Waals surface area contributed by atoms with Crippen LogP contribution < -0.4 is 11.2 Å². The van der Waals surface area contributed by atoms with E-state index in [0.717, 1.165) is 0 Å². The van der Waals surface area contributed by atoms with E-state index in [-0.39, 0.29) is 10.7 Å². The number of anilines is 2. The third-order valence-corrected chi connectivity index (χ3v) is 4.65. The number of fused-ring (bicyclic) bond motifs is 1. The van der Waals surface area contributed by atoms with Crippen LogP contribution in [0.3, 0.4) is 0 Å². The molecule has 9 nitrogen and oxygen atoms in total. The number of aliphatic hydroxyl groups excluding tert-OH is 3. The Hall–Kier alpha value is -0.790. The zero-order valence-electron chi connectivity index (χ0n) is 10.2. The predicted molar refractivity (Wildman–Crippen MR) is 76.4 cm³/mol. The predicted octanol–water partition coefficient (Wildman–Crippen LogP) is -1.43. The van der Waals surface area contributed by atoms with Gasteiger partial charge in [0.1, 0.15) is 34.5 Å². The summed E-state index contributed by atoms with van der Waals surface area (Å²) in [4.78, 5) is 8.01. The molecule has 0 amide bonds. The lowest BCUT2D eigenvalue weighted by Crippen LogP contribution is -2.45. The normalized spacial score (nSPS) is 36.9. The van der Waals surface area contributed by atoms with Crippen molar-refractivity contribution in [2.24, 2.45) is 0 Å². The maximum atomic E-state index is 10.0. The molecule has 0 saturated carbocycles. The number of alkyl halides is 1. The number of rotatable bonds is 2. The molecule has 10 heteroatoms. The molecule has 3 rings (SSSR count). The lowest BCUT2D eigenvalue weighted by molar-refractivity contribution is -0.0878. The number of halogens is 1. The van der Waals surface area contributed by atoms with Crippen LogP contribution in [0, 0.1) is 0 Å². The quantitative estimate of drug-likeness (QED) is 0.232. The second-order valence-corrected chi connectivity index (χ2v) is 5.78. The van der Waals surface area contributed by atoms with E-state index in [1.807, 2.05) is 0 Å². The van der Waals surface area contributed by atoms with Crippen molar-refractivity contribution in [2.75, 3.05) is 17.8 Å². The van der Waals surface area contributed by atoms with Crippen molar-refractivity contribution in [1.82, 2.24) is 15.0 Å². The van der Waals surface area contributed by atoms with Gasteiger partial charge in [0.25, 0.3) is 0 Å². The zero-order chi connectivity index (χ0) is 14.4. The van der Waals surface area contributed by atoms with Gasteiger partial charge in [-0.05, 0) is 0 Å². The first-order chi connectivity index (χ1) is 9.54. The average molecular weight is 395 g/mol. The van der Waals surface area contributed by atoms with Gasteiger partial charge in [-0.25, -0.2) is 9.97 Å². The van der Waals surface area contributed by atoms with Crippen molar-refractivity contribution in [3.63, 3.8) is 0 Å². The van der Waals surface area contributed by atoms with E-state index >= 15 is 0 Å². The van der Waals surface area contributed by atoms with E-state index in [4.69, 9.17) is 15.6 Å². The summed E-state index contributed by atoms with van der Waals surface area (Å²) in [7, 11) is 0. The first kappa shape index (κ1) is 14.2. The minimum Gasteiger partial charge on any atom is -0.394 e. The molecular weight excluding hydrogens is 381 g/mol. The highest BCUT2D eigenvalue weighted by Crippen LogP contribution is 2.43. The van der Waals surface area contributed by atoms with Gasteiger partial charge in [0.05, 0.1) is 12.2 Å². The standard InChI is InChI=1S/C10H14IN5O4/c11-7-4-8(12)13-2-14-9(4)15-16(7)10-6(19)5(18)3(1-17)20-10/h2-3,5-7,10,17-19H,1H2,(H3,12,13,14,15)/t3-,5-,6-,7?,10-/m1/s1. The molecule has 1 aromatic rings. The minimum absolute atomic E-state index is 0.270. The minimum atomic E-state index is -1.15. The third-order valence-electron chi connectivity index (χ3n) is 3.42. The highest BCUT2D eigenvalue weighted by Gasteiger charge is 2.49. The molecule has 6 N–H and O–H groups in total. The third kappa shape index (κ3) is 2.03. The fourth-order valence-electron chi connectivity index (χ4n) is 2.35. The summed E-state index contributed by atoms with van der Waals surface area (Å²) < 4.78 is 5.21. The number of nitrogens with one attached hydrogen (secondary N) is 1. The van der Waals surface area contributed by atoms with Gasteiger partial charge in [0, 0.05) is 0 Å². The fourth-order valence-corrected chi connectivity index (χ4v) is 3.42. The summed E-state index contributed by atoms with van der Waals surface area (Å²) in [6.07, 6.45) is -2.61. The van der Waals surface area contributed by atoms with E-state index in [9.17, 15) is 10.2 Å². The summed E-state index contributed by atoms with van der Waals surface area (Å²) in [5.41, 5.74) is 9.50. The van der Waals surface area contributed by atoms with Crippen molar-refractivity contribution in [3.8, 4) is 0 Å². The SMILES string of the molecule is Nc1ncnc2c1C(I)N([C@@H]1O[C@H](CO)[C@@H](O)[C@H]1O)N2. The number of hydrogen-bond donors (Lipinski definition) is 5. The Morgan fingerprint density at radius 3 is 2.75 bits per heavy atom. The molecule has 0 bridgehead atoms. The molecule has 1 fully saturated rings. The van der Waals surface area contributed by atoms with Crippen LogP contribution in [0.2, 0.25) is 0 Å². The van der Waals surface area contributed by atoms with Crippen molar-refractivity contribution in [2.45, 2.75) is 28.6 Å². The molecular formula is C10H14IN5O4. The Labute approximate surface area is 127 Å². The molecule has 1 unspecified atom stereocenters. The van der Waals surface area contributed by atoms with Gasteiger partial charge in [-0.3, -0.25) is 5.43 Å². The Balaban J connectivity index is 1.86. The number of nitrogens with zero attached hydrogens (tertiary/aromatic N) is 3. The van der Waals surface area contributed by atoms with Crippen LogP contribution in [-0.2, 0) is 4.74 Å². The maximum absolute atomic E-state index is 10.0. The number of aromatic nitrogens is 2. The van der Waals surface area contributed by atoms with Crippen molar-refractivity contribution in [1.29, 1.82) is 0 Å². The van der Waals surface area contributed by atoms with Gasteiger partial charge in [0.15, 0.2) is 12.0 Å². The molecule has 0 aliphatic carbocycles. The van der Waals surface area contributed by atoms with Crippen molar-refractivity contribution in [3.05, 3.63) is 11.9 Å². The summed E-state index contributed by atoms with van der Waals surface area (Å²) >= 11 is 2.11. The Morgan fingerprint density at radius 1 is 1.40 bits per heavy atom. The summed E-state index contributed by atoms with van der Waals surface area (Å²) in [5.74, 6) is 0.880. The number of ether oxygens (including phenoxy) is 1. The largest absolute Gasteiger partial charge is 0.394 e. The molecule has 1 aromatic heterocycles. The van der Waals surface area contributed by atoms with Crippen LogP contribution in [0.4, 0.5) is 11.6 Å². The fraction of sp³-hybridized carbons (Fsp3) is 0.600. The molecule has 2 aliphatic rings. The average Bonchev–Trinajstić information content (AvgIpc) is 2.90. The van der Waals surface area contributed by atoms with Gasteiger partial charge in [-0.15, -0.1) is 0 Å². The Morgan fingerprint density at radius 2 is 2.15 bits per heavy atom. The van der Waals surface area contributed by atoms with Crippen LogP contribution in [-0.4, -0.2) is 61.4 Å². The number of nitrogen functional groups attached to an aromatic ring is 1. The number of hydrogen-bond acceptors (Lipinski definition) is 9. The summed E-state index contributed by atoms with van der Waals surface area (Å²) in [6.45, 7) is -0.372. The maximum Gasteiger partial charge on any atom is 0.157 e. The first-order valence-corrected chi connectivity index (χ1v) is 7.21. The van der Waals surface area contributed by atoms with Gasteiger partial charge in [0.2, 0.25) is 0 Å². The van der Waals surface area contributed by atoms with E-state index in [1.165, 1.54) is 6.33 Å². The second kappa shape index (κ2) is 5.20. The van der Waals surface area contributed by atoms with Crippen LogP contribution >= 0.6 is 22.6 Å². The van der Waals surface area contributed by atoms with Crippen LogP contribution in [0.1, 0.15) is 9.61 Å². The molecule has 0 spiro atoms. The summed E-state index contributed by atoms with van der Waals surface area (Å²) in [5, 5.41) is 30.6. The first-order valence-electron chi connectivity index (χ1n) is 5.96. The van der Waals surface area contributed by atoms with Crippen molar-refractivity contribution < 1.29 is 20.1 Å². The number of nitrogens with two attached hydrogens (primary N) is 1. The molecule has 2 aliphatic heterocycles. The topological polar surface area (TPSA) is 137 Å². The molecule has 0 radical (unpaired) electrons. The Bertz CT molecular complexity index is 520. The lowest BCUT2D eigenvalue weighted by Gasteiger charge is -2.28. The van der Waals surface area contributed by atoms with Gasteiger partial charge in [-0.2, -0.15) is 5.01 Å². The molecule has 20 heavy (non-hydrogen) atoms. The molecule has 110 valence electrons. The lowest BCUT2D eigenvalue weighted by atomic mass is 10.1. The molecule has 3 heterocycles. The zero-order valence-corrected chi connectivity index (χ0v) is 12.4. The van der Waals surface area contributed by atoms with Crippen LogP contribution in [0.15, 0.2) is 6.33 Å². The van der Waals surface area contributed by atoms with Crippen molar-refractivity contribution >= 4 is 34.2 Å². The number of aliphatic hydroxyl groups is 3. The highest BCUT2D eigenvalue weighted by molar-refractivity contribution is 14.1. The smallest absolute Gasteiger partial charge is 0.157 e. The van der Waals surface area contributed by atoms with Gasteiger partial charge < -0.3 is 25.8 Å². The van der Waals surface area contributed by atoms with E-state index < -0.39 is 24.5 Å². The number of hydrazine groups is 1. The molecule has 5 atom stereocenters. The molecule has 0 aromatic carbocycles. The van der Waals surface area contributed by atoms with E-state index in [0.29, 0.717) is 17.2 Å².